The van der Waals surface area contributed by atoms with Crippen LogP contribution in [0.3, 0.4) is 0 Å². The number of aryl methyl sites for hydroxylation is 2. The van der Waals surface area contributed by atoms with E-state index in [1.165, 1.54) is 4.90 Å². The van der Waals surface area contributed by atoms with Gasteiger partial charge < -0.3 is 5.32 Å². The maximum atomic E-state index is 12.8. The monoisotopic (exact) mass is 477 g/mol. The van der Waals surface area contributed by atoms with Crippen LogP contribution in [-0.2, 0) is 9.59 Å². The van der Waals surface area contributed by atoms with Gasteiger partial charge in [0.05, 0.1) is 0 Å². The zero-order valence-corrected chi connectivity index (χ0v) is 17.5. The second-order valence-electron chi connectivity index (χ2n) is 6.60. The Morgan fingerprint density at radius 3 is 2.41 bits per heavy atom. The number of benzene rings is 2. The van der Waals surface area contributed by atoms with Crippen LogP contribution in [0, 0.1) is 17.4 Å². The number of urea groups is 1. The zero-order chi connectivity index (χ0) is 19.7. The molecule has 27 heavy (non-hydrogen) atoms. The van der Waals surface area contributed by atoms with Crippen molar-refractivity contribution in [3.05, 3.63) is 57.2 Å². The van der Waals surface area contributed by atoms with Crippen molar-refractivity contribution in [1.29, 1.82) is 0 Å². The van der Waals surface area contributed by atoms with Gasteiger partial charge in [-0.3, -0.25) is 19.4 Å². The summed E-state index contributed by atoms with van der Waals surface area (Å²) in [7, 11) is 0. The third-order valence-corrected chi connectivity index (χ3v) is 5.20. The molecule has 1 unspecified atom stereocenters. The first kappa shape index (κ1) is 19.3. The van der Waals surface area contributed by atoms with E-state index in [-0.39, 0.29) is 12.5 Å². The van der Waals surface area contributed by atoms with E-state index in [0.29, 0.717) is 11.4 Å². The smallest absolute Gasteiger partial charge is 0.324 e. The first-order chi connectivity index (χ1) is 12.8. The lowest BCUT2D eigenvalue weighted by molar-refractivity contribution is -0.130. The first-order valence-electron chi connectivity index (χ1n) is 8.55. The number of carbonyl (C=O) groups is 3. The van der Waals surface area contributed by atoms with E-state index >= 15 is 0 Å². The average Bonchev–Trinajstić information content (AvgIpc) is 2.82. The predicted octanol–water partition coefficient (Wildman–Crippen LogP) is 3.70. The minimum atomic E-state index is -0.645. The highest BCUT2D eigenvalue weighted by molar-refractivity contribution is 14.1. The van der Waals surface area contributed by atoms with Crippen molar-refractivity contribution in [2.75, 3.05) is 16.8 Å². The molecule has 2 aromatic rings. The molecule has 7 heteroatoms. The number of hydrogen-bond acceptors (Lipinski definition) is 3. The number of nitrogens with one attached hydrogen (secondary N) is 1. The van der Waals surface area contributed by atoms with E-state index in [9.17, 15) is 14.4 Å². The fraction of sp³-hybridized carbons (Fsp3) is 0.250. The van der Waals surface area contributed by atoms with E-state index in [0.717, 1.165) is 19.6 Å². The van der Waals surface area contributed by atoms with Gasteiger partial charge in [-0.05, 0) is 79.3 Å². The lowest BCUT2D eigenvalue weighted by atomic mass is 10.2. The van der Waals surface area contributed by atoms with Gasteiger partial charge in [0.25, 0.3) is 5.91 Å². The highest BCUT2D eigenvalue weighted by atomic mass is 127. The van der Waals surface area contributed by atoms with Crippen LogP contribution in [-0.4, -0.2) is 35.3 Å². The van der Waals surface area contributed by atoms with Crippen molar-refractivity contribution >= 4 is 51.8 Å². The zero-order valence-electron chi connectivity index (χ0n) is 15.3. The van der Waals surface area contributed by atoms with Gasteiger partial charge in [-0.1, -0.05) is 17.7 Å². The predicted molar refractivity (Wildman–Crippen MR) is 113 cm³/mol. The van der Waals surface area contributed by atoms with E-state index in [1.54, 1.807) is 19.1 Å². The summed E-state index contributed by atoms with van der Waals surface area (Å²) in [6.45, 7) is 5.20. The number of nitrogens with zero attached hydrogens (tertiary/aromatic N) is 2. The van der Waals surface area contributed by atoms with Crippen molar-refractivity contribution in [1.82, 2.24) is 4.90 Å². The molecule has 6 nitrogen and oxygen atoms in total. The number of hydrogen-bond donors (Lipinski definition) is 1. The highest BCUT2D eigenvalue weighted by Gasteiger charge is 2.44. The lowest BCUT2D eigenvalue weighted by Crippen LogP contribution is -2.39. The molecular formula is C20H20IN3O3. The Morgan fingerprint density at radius 1 is 1.11 bits per heavy atom. The van der Waals surface area contributed by atoms with Crippen LogP contribution >= 0.6 is 22.6 Å². The molecule has 0 bridgehead atoms. The van der Waals surface area contributed by atoms with E-state index in [2.05, 4.69) is 27.9 Å². The van der Waals surface area contributed by atoms with Gasteiger partial charge in [-0.15, -0.1) is 0 Å². The molecule has 3 rings (SSSR count). The van der Waals surface area contributed by atoms with Crippen LogP contribution in [0.15, 0.2) is 42.5 Å². The maximum Gasteiger partial charge on any atom is 0.332 e. The van der Waals surface area contributed by atoms with Crippen molar-refractivity contribution in [2.45, 2.75) is 26.8 Å². The molecule has 0 spiro atoms. The van der Waals surface area contributed by atoms with Gasteiger partial charge in [0.1, 0.15) is 12.6 Å². The Labute approximate surface area is 171 Å². The van der Waals surface area contributed by atoms with Crippen LogP contribution in [0.25, 0.3) is 0 Å². The summed E-state index contributed by atoms with van der Waals surface area (Å²) in [6, 6.07) is 11.9. The Morgan fingerprint density at radius 2 is 1.78 bits per heavy atom. The summed E-state index contributed by atoms with van der Waals surface area (Å²) in [5.41, 5.74) is 3.29. The topological polar surface area (TPSA) is 69.7 Å². The van der Waals surface area contributed by atoms with Crippen LogP contribution in [0.5, 0.6) is 0 Å². The van der Waals surface area contributed by atoms with Gasteiger partial charge in [0.2, 0.25) is 5.91 Å². The molecule has 0 aliphatic carbocycles. The Bertz CT molecular complexity index is 911. The molecular weight excluding hydrogens is 457 g/mol. The van der Waals surface area contributed by atoms with E-state index in [1.807, 2.05) is 44.2 Å². The van der Waals surface area contributed by atoms with Gasteiger partial charge in [0.15, 0.2) is 0 Å². The molecule has 0 saturated carbocycles. The molecule has 1 heterocycles. The van der Waals surface area contributed by atoms with Crippen molar-refractivity contribution < 1.29 is 14.4 Å². The summed E-state index contributed by atoms with van der Waals surface area (Å²) < 4.78 is 1.07. The molecule has 4 amide bonds. The van der Waals surface area contributed by atoms with Gasteiger partial charge in [-0.2, -0.15) is 0 Å². The van der Waals surface area contributed by atoms with Crippen LogP contribution in [0.2, 0.25) is 0 Å². The highest BCUT2D eigenvalue weighted by Crippen LogP contribution is 2.26. The molecule has 140 valence electrons. The molecule has 1 saturated heterocycles. The summed E-state index contributed by atoms with van der Waals surface area (Å²) in [6.07, 6.45) is 0. The standard InChI is InChI=1S/C20H20IN3O3/c1-12-4-7-16(8-5-12)24-14(3)19(26)23(20(24)27)11-18(25)22-17-9-6-15(21)10-13(17)2/h4-10,14H,11H2,1-3H3,(H,22,25). The largest absolute Gasteiger partial charge is 0.332 e. The normalized spacial score (nSPS) is 16.8. The lowest BCUT2D eigenvalue weighted by Gasteiger charge is -2.19. The number of carbonyl (C=O) groups excluding carboxylic acids is 3. The van der Waals surface area contributed by atoms with Crippen LogP contribution in [0.1, 0.15) is 18.1 Å². The second-order valence-corrected chi connectivity index (χ2v) is 7.84. The SMILES string of the molecule is Cc1ccc(N2C(=O)N(CC(=O)Nc3ccc(I)cc3C)C(=O)C2C)cc1. The average molecular weight is 477 g/mol. The summed E-state index contributed by atoms with van der Waals surface area (Å²) in [5.74, 6) is -0.783. The van der Waals surface area contributed by atoms with Gasteiger partial charge in [0, 0.05) is 14.9 Å². The molecule has 1 N–H and O–H groups in total. The Hall–Kier alpha value is -2.42. The van der Waals surface area contributed by atoms with E-state index in [4.69, 9.17) is 0 Å². The third kappa shape index (κ3) is 3.97. The number of amides is 4. The Balaban J connectivity index is 1.74. The Kier molecular flexibility index (Phi) is 5.50. The molecule has 1 fully saturated rings. The van der Waals surface area contributed by atoms with Crippen molar-refractivity contribution in [2.24, 2.45) is 0 Å². The molecule has 0 aromatic heterocycles. The quantitative estimate of drug-likeness (QED) is 0.540. The fourth-order valence-corrected chi connectivity index (χ4v) is 3.66. The molecule has 0 radical (unpaired) electrons. The second kappa shape index (κ2) is 7.67. The molecule has 1 aliphatic rings. The fourth-order valence-electron chi connectivity index (χ4n) is 3.01. The number of halogens is 1. The van der Waals surface area contributed by atoms with Crippen molar-refractivity contribution in [3.63, 3.8) is 0 Å². The molecule has 1 atom stereocenters. The molecule has 1 aliphatic heterocycles. The number of anilines is 2. The summed E-state index contributed by atoms with van der Waals surface area (Å²) >= 11 is 2.20. The summed E-state index contributed by atoms with van der Waals surface area (Å²) in [5, 5.41) is 2.78. The summed E-state index contributed by atoms with van der Waals surface area (Å²) in [4.78, 5) is 40.1. The number of rotatable bonds is 4. The first-order valence-corrected chi connectivity index (χ1v) is 9.63. The minimum Gasteiger partial charge on any atom is -0.324 e. The molecule has 2 aromatic carbocycles. The third-order valence-electron chi connectivity index (χ3n) is 4.52. The maximum absolute atomic E-state index is 12.8. The van der Waals surface area contributed by atoms with Crippen LogP contribution < -0.4 is 10.2 Å². The number of imide groups is 1. The van der Waals surface area contributed by atoms with Crippen LogP contribution in [0.4, 0.5) is 16.2 Å². The van der Waals surface area contributed by atoms with Gasteiger partial charge in [-0.25, -0.2) is 4.79 Å². The van der Waals surface area contributed by atoms with E-state index < -0.39 is 18.0 Å². The van der Waals surface area contributed by atoms with Gasteiger partial charge >= 0.3 is 6.03 Å². The van der Waals surface area contributed by atoms with Crippen molar-refractivity contribution in [3.8, 4) is 0 Å². The minimum absolute atomic E-state index is 0.310.